The second kappa shape index (κ2) is 6.97. The summed E-state index contributed by atoms with van der Waals surface area (Å²) in [6.07, 6.45) is 0. The summed E-state index contributed by atoms with van der Waals surface area (Å²) >= 11 is 0.915. The van der Waals surface area contributed by atoms with Crippen molar-refractivity contribution in [2.24, 2.45) is 0 Å². The average molecular weight is 403 g/mol. The number of rotatable bonds is 3. The molecule has 28 heavy (non-hydrogen) atoms. The molecular formula is C17H11F2N5O3S. The minimum absolute atomic E-state index is 0.0371. The van der Waals surface area contributed by atoms with Gasteiger partial charge in [-0.15, -0.1) is 0 Å². The normalized spacial score (nSPS) is 17.1. The number of carbonyl (C=O) groups is 2. The van der Waals surface area contributed by atoms with Crippen molar-refractivity contribution in [1.29, 1.82) is 5.26 Å². The number of aromatic nitrogens is 1. The first kappa shape index (κ1) is 18.0. The number of pyridine rings is 1. The van der Waals surface area contributed by atoms with Crippen LogP contribution >= 0.6 is 11.9 Å². The molecule has 0 bridgehead atoms. The highest BCUT2D eigenvalue weighted by Crippen LogP contribution is 2.36. The first-order valence-electron chi connectivity index (χ1n) is 8.03. The third-order valence-electron chi connectivity index (χ3n) is 4.07. The molecule has 4 rings (SSSR count). The van der Waals surface area contributed by atoms with Gasteiger partial charge in [-0.25, -0.2) is 18.6 Å². The highest BCUT2D eigenvalue weighted by molar-refractivity contribution is 7.97. The smallest absolute Gasteiger partial charge is 0.332 e. The first-order chi connectivity index (χ1) is 13.4. The van der Waals surface area contributed by atoms with E-state index in [2.05, 4.69) is 15.6 Å². The van der Waals surface area contributed by atoms with Gasteiger partial charge >= 0.3 is 6.03 Å². The summed E-state index contributed by atoms with van der Waals surface area (Å²) in [5, 5.41) is 14.5. The van der Waals surface area contributed by atoms with Crippen LogP contribution < -0.4 is 15.4 Å². The highest BCUT2D eigenvalue weighted by atomic mass is 32.2. The quantitative estimate of drug-likeness (QED) is 0.762. The van der Waals surface area contributed by atoms with E-state index in [1.165, 1.54) is 6.07 Å². The number of nitriles is 1. The Hall–Kier alpha value is -3.39. The van der Waals surface area contributed by atoms with E-state index in [4.69, 9.17) is 10.00 Å². The molecule has 2 aromatic rings. The summed E-state index contributed by atoms with van der Waals surface area (Å²) in [6.45, 7) is -0.389. The summed E-state index contributed by atoms with van der Waals surface area (Å²) < 4.78 is 33.6. The molecule has 0 aliphatic carbocycles. The zero-order valence-electron chi connectivity index (χ0n) is 14.0. The van der Waals surface area contributed by atoms with E-state index >= 15 is 0 Å². The van der Waals surface area contributed by atoms with Crippen LogP contribution in [-0.4, -0.2) is 34.4 Å². The van der Waals surface area contributed by atoms with E-state index in [1.54, 1.807) is 6.07 Å². The van der Waals surface area contributed by atoms with Crippen molar-refractivity contribution in [3.8, 4) is 11.8 Å². The number of fused-ring (bicyclic) bond motifs is 2. The molecule has 2 N–H and O–H groups in total. The molecular weight excluding hydrogens is 392 g/mol. The Morgan fingerprint density at radius 2 is 2.29 bits per heavy atom. The number of halogens is 2. The Morgan fingerprint density at radius 3 is 3.07 bits per heavy atom. The molecule has 8 nitrogen and oxygen atoms in total. The van der Waals surface area contributed by atoms with Gasteiger partial charge in [-0.3, -0.25) is 9.10 Å². The van der Waals surface area contributed by atoms with Crippen LogP contribution in [-0.2, 0) is 4.79 Å². The third kappa shape index (κ3) is 3.29. The Morgan fingerprint density at radius 1 is 1.46 bits per heavy atom. The number of anilines is 1. The zero-order chi connectivity index (χ0) is 19.8. The highest BCUT2D eigenvalue weighted by Gasteiger charge is 2.32. The van der Waals surface area contributed by atoms with Crippen LogP contribution in [0.3, 0.4) is 0 Å². The average Bonchev–Trinajstić information content (AvgIpc) is 3.04. The SMILES string of the molecule is N#Cc1ccc2c(n1)SN(CC(=O)N[C@@H]1COc3cc(F)cc(F)c31)C(=O)N2. The molecule has 0 saturated carbocycles. The molecule has 0 unspecified atom stereocenters. The maximum absolute atomic E-state index is 14.0. The minimum atomic E-state index is -0.815. The maximum Gasteiger partial charge on any atom is 0.332 e. The maximum atomic E-state index is 14.0. The fourth-order valence-electron chi connectivity index (χ4n) is 2.85. The van der Waals surface area contributed by atoms with Crippen molar-refractivity contribution >= 4 is 29.6 Å². The molecule has 2 aliphatic heterocycles. The van der Waals surface area contributed by atoms with Crippen molar-refractivity contribution < 1.29 is 23.1 Å². The summed E-state index contributed by atoms with van der Waals surface area (Å²) in [5.74, 6) is -2.11. The number of urea groups is 1. The Bertz CT molecular complexity index is 1040. The second-order valence-electron chi connectivity index (χ2n) is 5.95. The number of hydrogen-bond donors (Lipinski definition) is 2. The van der Waals surface area contributed by atoms with Gasteiger partial charge in [0.2, 0.25) is 5.91 Å². The van der Waals surface area contributed by atoms with E-state index in [0.717, 1.165) is 28.4 Å². The number of nitrogens with zero attached hydrogens (tertiary/aromatic N) is 3. The lowest BCUT2D eigenvalue weighted by molar-refractivity contribution is -0.121. The van der Waals surface area contributed by atoms with Crippen LogP contribution in [0.4, 0.5) is 19.3 Å². The molecule has 1 aromatic heterocycles. The summed E-state index contributed by atoms with van der Waals surface area (Å²) in [7, 11) is 0. The topological polar surface area (TPSA) is 107 Å². The Labute approximate surface area is 161 Å². The number of hydrogen-bond acceptors (Lipinski definition) is 6. The molecule has 3 amide bonds. The molecule has 11 heteroatoms. The number of ether oxygens (including phenoxy) is 1. The monoisotopic (exact) mass is 403 g/mol. The largest absolute Gasteiger partial charge is 0.490 e. The number of amides is 3. The molecule has 2 aliphatic rings. The lowest BCUT2D eigenvalue weighted by Gasteiger charge is -2.27. The van der Waals surface area contributed by atoms with E-state index in [0.29, 0.717) is 10.7 Å². The standard InChI is InChI=1S/C17H11F2N5O3S/c18-8-3-10(19)15-12(7-27-13(15)4-8)22-14(25)6-24-17(26)23-11-2-1-9(5-20)21-16(11)28-24/h1-4,12H,6-7H2,(H,22,25)(H,23,26)/t12-/m1/s1. The van der Waals surface area contributed by atoms with Gasteiger partial charge in [-0.05, 0) is 12.1 Å². The third-order valence-corrected chi connectivity index (χ3v) is 5.07. The van der Waals surface area contributed by atoms with E-state index in [1.807, 2.05) is 6.07 Å². The van der Waals surface area contributed by atoms with E-state index < -0.39 is 29.6 Å². The predicted octanol–water partition coefficient (Wildman–Crippen LogP) is 2.34. The van der Waals surface area contributed by atoms with Gasteiger partial charge in [0.05, 0.1) is 17.3 Å². The zero-order valence-corrected chi connectivity index (χ0v) is 14.8. The van der Waals surface area contributed by atoms with Crippen molar-refractivity contribution in [2.45, 2.75) is 11.1 Å². The molecule has 0 spiro atoms. The van der Waals surface area contributed by atoms with E-state index in [9.17, 15) is 18.4 Å². The van der Waals surface area contributed by atoms with Crippen molar-refractivity contribution in [3.05, 3.63) is 47.2 Å². The lowest BCUT2D eigenvalue weighted by atomic mass is 10.1. The number of benzene rings is 1. The Balaban J connectivity index is 1.45. The van der Waals surface area contributed by atoms with Gasteiger partial charge in [0.1, 0.15) is 47.3 Å². The van der Waals surface area contributed by atoms with Crippen LogP contribution in [0.5, 0.6) is 5.75 Å². The lowest BCUT2D eigenvalue weighted by Crippen LogP contribution is -2.42. The molecule has 142 valence electrons. The summed E-state index contributed by atoms with van der Waals surface area (Å²) in [4.78, 5) is 28.6. The molecule has 1 aromatic carbocycles. The molecule has 3 heterocycles. The molecule has 0 fully saturated rings. The van der Waals surface area contributed by atoms with Gasteiger partial charge in [0.25, 0.3) is 0 Å². The molecule has 1 atom stereocenters. The molecule has 0 saturated heterocycles. The number of carbonyl (C=O) groups excluding carboxylic acids is 2. The van der Waals surface area contributed by atoms with Crippen LogP contribution in [0.25, 0.3) is 0 Å². The predicted molar refractivity (Wildman–Crippen MR) is 93.3 cm³/mol. The fraction of sp³-hybridized carbons (Fsp3) is 0.176. The van der Waals surface area contributed by atoms with Crippen LogP contribution in [0.15, 0.2) is 29.3 Å². The van der Waals surface area contributed by atoms with Crippen molar-refractivity contribution in [1.82, 2.24) is 14.6 Å². The van der Waals surface area contributed by atoms with E-state index in [-0.39, 0.29) is 30.2 Å². The van der Waals surface area contributed by atoms with Gasteiger partial charge in [0, 0.05) is 24.1 Å². The van der Waals surface area contributed by atoms with Crippen LogP contribution in [0.2, 0.25) is 0 Å². The van der Waals surface area contributed by atoms with Crippen molar-refractivity contribution in [2.75, 3.05) is 18.5 Å². The van der Waals surface area contributed by atoms with Gasteiger partial charge in [0.15, 0.2) is 0 Å². The summed E-state index contributed by atoms with van der Waals surface area (Å²) in [5.41, 5.74) is 0.679. The Kier molecular flexibility index (Phi) is 4.48. The molecule has 0 radical (unpaired) electrons. The van der Waals surface area contributed by atoms with Crippen LogP contribution in [0, 0.1) is 23.0 Å². The van der Waals surface area contributed by atoms with Crippen molar-refractivity contribution in [3.63, 3.8) is 0 Å². The fourth-order valence-corrected chi connectivity index (χ4v) is 3.73. The summed E-state index contributed by atoms with van der Waals surface area (Å²) in [6, 6.07) is 5.36. The number of nitrogens with one attached hydrogen (secondary N) is 2. The van der Waals surface area contributed by atoms with Crippen LogP contribution in [0.1, 0.15) is 17.3 Å². The second-order valence-corrected chi connectivity index (χ2v) is 6.96. The van der Waals surface area contributed by atoms with Gasteiger partial charge in [-0.2, -0.15) is 5.26 Å². The van der Waals surface area contributed by atoms with Gasteiger partial charge in [-0.1, -0.05) is 0 Å². The first-order valence-corrected chi connectivity index (χ1v) is 8.80. The minimum Gasteiger partial charge on any atom is -0.490 e. The van der Waals surface area contributed by atoms with Gasteiger partial charge < -0.3 is 15.4 Å².